The fourth-order valence-electron chi connectivity index (χ4n) is 1.78. The smallest absolute Gasteiger partial charge is 0.165 e. The number of carbonyl (C=O) groups is 1. The van der Waals surface area contributed by atoms with Crippen LogP contribution in [0, 0.1) is 5.92 Å². The zero-order chi connectivity index (χ0) is 12.2. The van der Waals surface area contributed by atoms with E-state index in [4.69, 9.17) is 0 Å². The van der Waals surface area contributed by atoms with E-state index in [-0.39, 0.29) is 11.7 Å². The minimum absolute atomic E-state index is 0.106. The fraction of sp³-hybridized carbons (Fsp3) is 0.500. The lowest BCUT2D eigenvalue weighted by Crippen LogP contribution is -2.28. The summed E-state index contributed by atoms with van der Waals surface area (Å²) in [6, 6.07) is 9.25. The lowest BCUT2D eigenvalue weighted by atomic mass is 9.86. The molecule has 0 aliphatic carbocycles. The standard InChI is InChI=1S/C14H20O2/c1-4-14(3,16)10-11(2)13(15)12-8-6-5-7-9-12/h5-9,11,16H,4,10H2,1-3H3. The Morgan fingerprint density at radius 3 is 2.44 bits per heavy atom. The van der Waals surface area contributed by atoms with Gasteiger partial charge in [-0.15, -0.1) is 0 Å². The zero-order valence-corrected chi connectivity index (χ0v) is 10.2. The summed E-state index contributed by atoms with van der Waals surface area (Å²) in [6.45, 7) is 5.58. The number of hydrogen-bond donors (Lipinski definition) is 1. The first kappa shape index (κ1) is 12.9. The minimum Gasteiger partial charge on any atom is -0.390 e. The zero-order valence-electron chi connectivity index (χ0n) is 10.2. The van der Waals surface area contributed by atoms with Crippen LogP contribution in [0.2, 0.25) is 0 Å². The third-order valence-corrected chi connectivity index (χ3v) is 3.01. The van der Waals surface area contributed by atoms with Gasteiger partial charge in [-0.3, -0.25) is 4.79 Å². The van der Waals surface area contributed by atoms with E-state index in [1.165, 1.54) is 0 Å². The maximum atomic E-state index is 12.0. The Kier molecular flexibility index (Phi) is 4.25. The van der Waals surface area contributed by atoms with Crippen molar-refractivity contribution < 1.29 is 9.90 Å². The van der Waals surface area contributed by atoms with Crippen LogP contribution in [0.25, 0.3) is 0 Å². The first-order valence-corrected chi connectivity index (χ1v) is 5.78. The van der Waals surface area contributed by atoms with Crippen LogP contribution in [0.15, 0.2) is 30.3 Å². The van der Waals surface area contributed by atoms with Crippen LogP contribution in [0.1, 0.15) is 44.0 Å². The molecule has 1 rings (SSSR count). The van der Waals surface area contributed by atoms with Gasteiger partial charge in [0.25, 0.3) is 0 Å². The lowest BCUT2D eigenvalue weighted by molar-refractivity contribution is 0.0310. The third kappa shape index (κ3) is 3.46. The van der Waals surface area contributed by atoms with Gasteiger partial charge in [0.15, 0.2) is 5.78 Å². The largest absolute Gasteiger partial charge is 0.390 e. The molecule has 0 bridgehead atoms. The third-order valence-electron chi connectivity index (χ3n) is 3.01. The first-order chi connectivity index (χ1) is 7.46. The van der Waals surface area contributed by atoms with Crippen LogP contribution in [0.4, 0.5) is 0 Å². The number of carbonyl (C=O) groups excluding carboxylic acids is 1. The van der Waals surface area contributed by atoms with Gasteiger partial charge in [0, 0.05) is 11.5 Å². The van der Waals surface area contributed by atoms with E-state index in [1.807, 2.05) is 44.2 Å². The van der Waals surface area contributed by atoms with Crippen LogP contribution in [0.5, 0.6) is 0 Å². The van der Waals surface area contributed by atoms with Crippen molar-refractivity contribution in [2.24, 2.45) is 5.92 Å². The number of benzene rings is 1. The van der Waals surface area contributed by atoms with E-state index < -0.39 is 5.60 Å². The summed E-state index contributed by atoms with van der Waals surface area (Å²) >= 11 is 0. The Labute approximate surface area is 97.3 Å². The van der Waals surface area contributed by atoms with Crippen LogP contribution in [-0.2, 0) is 0 Å². The molecule has 1 aromatic rings. The van der Waals surface area contributed by atoms with Crippen molar-refractivity contribution in [2.45, 2.75) is 39.2 Å². The summed E-state index contributed by atoms with van der Waals surface area (Å²) in [5.41, 5.74) is -0.0222. The molecule has 0 aliphatic heterocycles. The van der Waals surface area contributed by atoms with E-state index in [9.17, 15) is 9.90 Å². The maximum Gasteiger partial charge on any atom is 0.165 e. The molecule has 0 aromatic heterocycles. The van der Waals surface area contributed by atoms with Crippen molar-refractivity contribution in [3.8, 4) is 0 Å². The van der Waals surface area contributed by atoms with E-state index in [0.29, 0.717) is 12.8 Å². The van der Waals surface area contributed by atoms with Gasteiger partial charge in [0.1, 0.15) is 0 Å². The molecule has 2 atom stereocenters. The summed E-state index contributed by atoms with van der Waals surface area (Å²) < 4.78 is 0. The summed E-state index contributed by atoms with van der Waals surface area (Å²) in [5, 5.41) is 9.94. The topological polar surface area (TPSA) is 37.3 Å². The molecule has 0 amide bonds. The van der Waals surface area contributed by atoms with Crippen molar-refractivity contribution in [1.82, 2.24) is 0 Å². The molecular formula is C14H20O2. The second-order valence-electron chi connectivity index (χ2n) is 4.69. The highest BCUT2D eigenvalue weighted by Crippen LogP contribution is 2.22. The molecule has 0 saturated carbocycles. The van der Waals surface area contributed by atoms with Gasteiger partial charge >= 0.3 is 0 Å². The first-order valence-electron chi connectivity index (χ1n) is 5.78. The summed E-state index contributed by atoms with van der Waals surface area (Å²) in [6.07, 6.45) is 1.18. The van der Waals surface area contributed by atoms with Crippen molar-refractivity contribution in [3.05, 3.63) is 35.9 Å². The maximum absolute atomic E-state index is 12.0. The second-order valence-corrected chi connectivity index (χ2v) is 4.69. The van der Waals surface area contributed by atoms with Crippen LogP contribution in [-0.4, -0.2) is 16.5 Å². The Balaban J connectivity index is 2.69. The molecule has 1 N–H and O–H groups in total. The SMILES string of the molecule is CCC(C)(O)CC(C)C(=O)c1ccccc1. The van der Waals surface area contributed by atoms with Gasteiger partial charge in [-0.1, -0.05) is 44.2 Å². The number of ketones is 1. The van der Waals surface area contributed by atoms with Gasteiger partial charge in [-0.2, -0.15) is 0 Å². The van der Waals surface area contributed by atoms with Gasteiger partial charge < -0.3 is 5.11 Å². The molecule has 0 fully saturated rings. The van der Waals surface area contributed by atoms with Crippen LogP contribution in [0.3, 0.4) is 0 Å². The predicted molar refractivity (Wildman–Crippen MR) is 65.5 cm³/mol. The van der Waals surface area contributed by atoms with Gasteiger partial charge in [-0.25, -0.2) is 0 Å². The highest BCUT2D eigenvalue weighted by Gasteiger charge is 2.25. The number of rotatable bonds is 5. The van der Waals surface area contributed by atoms with Crippen molar-refractivity contribution >= 4 is 5.78 Å². The summed E-state index contributed by atoms with van der Waals surface area (Å²) in [5.74, 6) is -0.0355. The van der Waals surface area contributed by atoms with Crippen molar-refractivity contribution in [3.63, 3.8) is 0 Å². The minimum atomic E-state index is -0.746. The van der Waals surface area contributed by atoms with Gasteiger partial charge in [-0.05, 0) is 19.8 Å². The van der Waals surface area contributed by atoms with E-state index in [2.05, 4.69) is 0 Å². The molecule has 2 heteroatoms. The van der Waals surface area contributed by atoms with Crippen molar-refractivity contribution in [2.75, 3.05) is 0 Å². The highest BCUT2D eigenvalue weighted by atomic mass is 16.3. The predicted octanol–water partition coefficient (Wildman–Crippen LogP) is 3.06. The molecule has 0 heterocycles. The van der Waals surface area contributed by atoms with Gasteiger partial charge in [0.05, 0.1) is 5.60 Å². The summed E-state index contributed by atoms with van der Waals surface area (Å²) in [4.78, 5) is 12.0. The quantitative estimate of drug-likeness (QED) is 0.774. The van der Waals surface area contributed by atoms with Crippen molar-refractivity contribution in [1.29, 1.82) is 0 Å². The fourth-order valence-corrected chi connectivity index (χ4v) is 1.78. The molecule has 0 spiro atoms. The molecule has 16 heavy (non-hydrogen) atoms. The molecule has 2 nitrogen and oxygen atoms in total. The molecule has 0 saturated heterocycles. The average molecular weight is 220 g/mol. The number of aliphatic hydroxyl groups is 1. The average Bonchev–Trinajstić information content (AvgIpc) is 2.28. The molecule has 1 aromatic carbocycles. The highest BCUT2D eigenvalue weighted by molar-refractivity contribution is 5.97. The molecule has 88 valence electrons. The van der Waals surface area contributed by atoms with E-state index in [1.54, 1.807) is 6.92 Å². The molecular weight excluding hydrogens is 200 g/mol. The van der Waals surface area contributed by atoms with Crippen LogP contribution >= 0.6 is 0 Å². The summed E-state index contributed by atoms with van der Waals surface area (Å²) in [7, 11) is 0. The van der Waals surface area contributed by atoms with E-state index in [0.717, 1.165) is 5.56 Å². The Morgan fingerprint density at radius 1 is 1.38 bits per heavy atom. The molecule has 0 radical (unpaired) electrons. The Morgan fingerprint density at radius 2 is 1.94 bits per heavy atom. The molecule has 0 aliphatic rings. The number of hydrogen-bond acceptors (Lipinski definition) is 2. The lowest BCUT2D eigenvalue weighted by Gasteiger charge is -2.24. The van der Waals surface area contributed by atoms with E-state index >= 15 is 0 Å². The second kappa shape index (κ2) is 5.26. The Hall–Kier alpha value is -1.15. The van der Waals surface area contributed by atoms with Crippen LogP contribution < -0.4 is 0 Å². The van der Waals surface area contributed by atoms with Gasteiger partial charge in [0.2, 0.25) is 0 Å². The monoisotopic (exact) mass is 220 g/mol. The Bertz CT molecular complexity index is 341. The normalized spacial score (nSPS) is 16.5. The number of Topliss-reactive ketones (excluding diaryl/α,β-unsaturated/α-hetero) is 1. The molecule has 2 unspecified atom stereocenters.